The van der Waals surface area contributed by atoms with Gasteiger partial charge in [-0.1, -0.05) is 48.5 Å². The van der Waals surface area contributed by atoms with Crippen molar-refractivity contribution >= 4 is 11.9 Å². The van der Waals surface area contributed by atoms with Gasteiger partial charge in [-0.15, -0.1) is 0 Å². The van der Waals surface area contributed by atoms with Gasteiger partial charge in [-0.05, 0) is 97.5 Å². The summed E-state index contributed by atoms with van der Waals surface area (Å²) in [5, 5.41) is 18.2. The summed E-state index contributed by atoms with van der Waals surface area (Å²) in [7, 11) is 0. The number of fused-ring (bicyclic) bond motifs is 1. The fraction of sp³-hybridized carbons (Fsp3) is 0.375. The van der Waals surface area contributed by atoms with Gasteiger partial charge in [-0.2, -0.15) is 0 Å². The zero-order chi connectivity index (χ0) is 26.7. The maximum atomic E-state index is 11.2. The number of nitrogens with zero attached hydrogens (tertiary/aromatic N) is 1. The van der Waals surface area contributed by atoms with E-state index in [0.29, 0.717) is 19.6 Å². The Hall–Kier alpha value is -3.64. The normalized spacial score (nSPS) is 12.8. The molecular formula is C32H37NO5. The van der Waals surface area contributed by atoms with E-state index in [4.69, 9.17) is 9.84 Å². The molecule has 4 rings (SSSR count). The molecule has 0 bridgehead atoms. The second kappa shape index (κ2) is 13.8. The first-order valence-corrected chi connectivity index (χ1v) is 13.6. The van der Waals surface area contributed by atoms with Crippen LogP contribution >= 0.6 is 0 Å². The minimum Gasteiger partial charge on any atom is -0.489 e. The molecule has 1 aliphatic rings. The molecule has 3 aromatic rings. The first kappa shape index (κ1) is 27.4. The quantitative estimate of drug-likeness (QED) is 0.251. The van der Waals surface area contributed by atoms with Gasteiger partial charge >= 0.3 is 11.9 Å². The number of benzene rings is 3. The molecule has 0 aliphatic heterocycles. The van der Waals surface area contributed by atoms with Crippen molar-refractivity contribution in [2.75, 3.05) is 13.1 Å². The van der Waals surface area contributed by atoms with Crippen LogP contribution in [0.3, 0.4) is 0 Å². The van der Waals surface area contributed by atoms with Crippen molar-refractivity contribution in [2.24, 2.45) is 0 Å². The predicted octanol–water partition coefficient (Wildman–Crippen LogP) is 6.14. The number of carboxylic acid groups (broad SMARTS) is 2. The molecule has 0 heterocycles. The Morgan fingerprint density at radius 1 is 0.816 bits per heavy atom. The highest BCUT2D eigenvalue weighted by molar-refractivity contribution is 5.87. The van der Waals surface area contributed by atoms with Gasteiger partial charge < -0.3 is 14.9 Å². The molecular weight excluding hydrogens is 478 g/mol. The van der Waals surface area contributed by atoms with Gasteiger partial charge in [0, 0.05) is 19.5 Å². The van der Waals surface area contributed by atoms with Crippen LogP contribution in [0.25, 0.3) is 0 Å². The molecule has 0 spiro atoms. The maximum absolute atomic E-state index is 11.2. The van der Waals surface area contributed by atoms with Crippen LogP contribution in [-0.4, -0.2) is 40.1 Å². The molecule has 0 aromatic heterocycles. The van der Waals surface area contributed by atoms with E-state index in [9.17, 15) is 14.7 Å². The van der Waals surface area contributed by atoms with Gasteiger partial charge in [0.25, 0.3) is 0 Å². The standard InChI is InChI=1S/C32H37NO5/c34-31(35)11-5-6-19-33(22-24-12-16-28(17-13-24)32(36)37)20-18-27-8-3-4-10-30(27)38-23-25-14-15-26-7-1-2-9-29(26)21-25/h3-4,8,10,12-17,21H,1-2,5-7,9,11,18-20,22-23H2,(H,34,35)(H,36,37). The van der Waals surface area contributed by atoms with Crippen LogP contribution in [0.15, 0.2) is 66.7 Å². The Bertz CT molecular complexity index is 1220. The second-order valence-electron chi connectivity index (χ2n) is 10.1. The summed E-state index contributed by atoms with van der Waals surface area (Å²) in [6, 6.07) is 21.8. The lowest BCUT2D eigenvalue weighted by atomic mass is 9.90. The largest absolute Gasteiger partial charge is 0.489 e. The van der Waals surface area contributed by atoms with E-state index in [-0.39, 0.29) is 12.0 Å². The lowest BCUT2D eigenvalue weighted by Crippen LogP contribution is -2.27. The molecule has 6 heteroatoms. The van der Waals surface area contributed by atoms with Gasteiger partial charge in [0.2, 0.25) is 0 Å². The van der Waals surface area contributed by atoms with Crippen molar-refractivity contribution in [3.63, 3.8) is 0 Å². The van der Waals surface area contributed by atoms with Crippen molar-refractivity contribution < 1.29 is 24.5 Å². The number of rotatable bonds is 14. The zero-order valence-corrected chi connectivity index (χ0v) is 21.9. The highest BCUT2D eigenvalue weighted by Gasteiger charge is 2.13. The Morgan fingerprint density at radius 2 is 1.55 bits per heavy atom. The third-order valence-corrected chi connectivity index (χ3v) is 7.20. The van der Waals surface area contributed by atoms with Crippen LogP contribution < -0.4 is 4.74 Å². The van der Waals surface area contributed by atoms with E-state index >= 15 is 0 Å². The second-order valence-corrected chi connectivity index (χ2v) is 10.1. The molecule has 0 atom stereocenters. The molecule has 6 nitrogen and oxygen atoms in total. The van der Waals surface area contributed by atoms with E-state index in [1.807, 2.05) is 30.3 Å². The molecule has 0 fully saturated rings. The van der Waals surface area contributed by atoms with Crippen LogP contribution in [0.1, 0.15) is 70.3 Å². The van der Waals surface area contributed by atoms with Gasteiger partial charge in [0.1, 0.15) is 12.4 Å². The SMILES string of the molecule is O=C(O)CCCCN(CCc1ccccc1OCc1ccc2c(c1)CCCC2)Cc1ccc(C(=O)O)cc1. The van der Waals surface area contributed by atoms with Crippen molar-refractivity contribution in [1.82, 2.24) is 4.90 Å². The fourth-order valence-corrected chi connectivity index (χ4v) is 5.06. The van der Waals surface area contributed by atoms with E-state index in [0.717, 1.165) is 49.2 Å². The molecule has 0 radical (unpaired) electrons. The summed E-state index contributed by atoms with van der Waals surface area (Å²) >= 11 is 0. The highest BCUT2D eigenvalue weighted by Crippen LogP contribution is 2.25. The lowest BCUT2D eigenvalue weighted by molar-refractivity contribution is -0.137. The summed E-state index contributed by atoms with van der Waals surface area (Å²) in [5.41, 5.74) is 6.58. The Labute approximate surface area is 224 Å². The topological polar surface area (TPSA) is 87.1 Å². The molecule has 3 aromatic carbocycles. The number of hydrogen-bond acceptors (Lipinski definition) is 4. The summed E-state index contributed by atoms with van der Waals surface area (Å²) < 4.78 is 6.29. The average Bonchev–Trinajstić information content (AvgIpc) is 2.93. The molecule has 2 N–H and O–H groups in total. The molecule has 0 unspecified atom stereocenters. The van der Waals surface area contributed by atoms with Crippen molar-refractivity contribution in [2.45, 2.75) is 64.5 Å². The van der Waals surface area contributed by atoms with E-state index in [2.05, 4.69) is 29.2 Å². The molecule has 200 valence electrons. The van der Waals surface area contributed by atoms with Crippen molar-refractivity contribution in [3.8, 4) is 5.75 Å². The van der Waals surface area contributed by atoms with Crippen LogP contribution in [0, 0.1) is 0 Å². The van der Waals surface area contributed by atoms with Crippen LogP contribution in [0.2, 0.25) is 0 Å². The zero-order valence-electron chi connectivity index (χ0n) is 21.9. The number of hydrogen-bond donors (Lipinski definition) is 2. The molecule has 38 heavy (non-hydrogen) atoms. The van der Waals surface area contributed by atoms with Crippen molar-refractivity contribution in [1.29, 1.82) is 0 Å². The first-order valence-electron chi connectivity index (χ1n) is 13.6. The van der Waals surface area contributed by atoms with Gasteiger partial charge in [-0.3, -0.25) is 9.69 Å². The summed E-state index contributed by atoms with van der Waals surface area (Å²) in [6.07, 6.45) is 7.25. The van der Waals surface area contributed by atoms with Crippen LogP contribution in [0.4, 0.5) is 0 Å². The number of aromatic carboxylic acids is 1. The Balaban J connectivity index is 1.38. The summed E-state index contributed by atoms with van der Waals surface area (Å²) in [5.74, 6) is -0.818. The fourth-order valence-electron chi connectivity index (χ4n) is 5.06. The minimum atomic E-state index is -0.936. The number of carboxylic acids is 2. The van der Waals surface area contributed by atoms with E-state index in [1.54, 1.807) is 12.1 Å². The van der Waals surface area contributed by atoms with E-state index in [1.165, 1.54) is 36.0 Å². The van der Waals surface area contributed by atoms with Crippen LogP contribution in [0.5, 0.6) is 5.75 Å². The number of unbranched alkanes of at least 4 members (excludes halogenated alkanes) is 1. The third-order valence-electron chi connectivity index (χ3n) is 7.20. The van der Waals surface area contributed by atoms with E-state index < -0.39 is 11.9 Å². The van der Waals surface area contributed by atoms with Gasteiger partial charge in [0.05, 0.1) is 5.56 Å². The third kappa shape index (κ3) is 8.18. The predicted molar refractivity (Wildman–Crippen MR) is 148 cm³/mol. The highest BCUT2D eigenvalue weighted by atomic mass is 16.5. The summed E-state index contributed by atoms with van der Waals surface area (Å²) in [4.78, 5) is 24.4. The van der Waals surface area contributed by atoms with Gasteiger partial charge in [-0.25, -0.2) is 4.79 Å². The number of aryl methyl sites for hydroxylation is 2. The average molecular weight is 516 g/mol. The number of ether oxygens (including phenoxy) is 1. The molecule has 0 amide bonds. The number of para-hydroxylation sites is 1. The van der Waals surface area contributed by atoms with Gasteiger partial charge in [0.15, 0.2) is 0 Å². The number of aliphatic carboxylic acids is 1. The van der Waals surface area contributed by atoms with Crippen molar-refractivity contribution in [3.05, 3.63) is 100 Å². The Kier molecular flexibility index (Phi) is 9.93. The number of carbonyl (C=O) groups is 2. The maximum Gasteiger partial charge on any atom is 0.335 e. The monoisotopic (exact) mass is 515 g/mol. The Morgan fingerprint density at radius 3 is 2.32 bits per heavy atom. The molecule has 0 saturated heterocycles. The first-order chi connectivity index (χ1) is 18.5. The smallest absolute Gasteiger partial charge is 0.335 e. The molecule has 0 saturated carbocycles. The lowest BCUT2D eigenvalue weighted by Gasteiger charge is -2.23. The van der Waals surface area contributed by atoms with Crippen LogP contribution in [-0.2, 0) is 37.2 Å². The molecule has 1 aliphatic carbocycles. The summed E-state index contributed by atoms with van der Waals surface area (Å²) in [6.45, 7) is 2.77. The minimum absolute atomic E-state index is 0.167.